The lowest BCUT2D eigenvalue weighted by Gasteiger charge is -2.19. The largest absolute Gasteiger partial charge is 0.490 e. The molecule has 4 unspecified atom stereocenters. The number of nitrogens with two attached hydrogens (primary N) is 1. The first-order valence-corrected chi connectivity index (χ1v) is 9.44. The fraction of sp³-hybridized carbons (Fsp3) is 0.625. The Hall–Kier alpha value is -1.11. The van der Waals surface area contributed by atoms with E-state index in [1.54, 1.807) is 22.5 Å². The van der Waals surface area contributed by atoms with Gasteiger partial charge in [0.1, 0.15) is 11.9 Å². The standard InChI is InChI=1S/C16H22N2O3S/c1-10-6-12-7-13(3-5-16(12)21-10)22(19,20)18-8-11-2-4-15(17)14(11)9-18/h3,5,7,10-11,14-15H,2,4,6,8-9,17H2,1H3. The highest BCUT2D eigenvalue weighted by Crippen LogP contribution is 2.40. The van der Waals surface area contributed by atoms with Crippen LogP contribution < -0.4 is 10.5 Å². The molecule has 0 aromatic heterocycles. The van der Waals surface area contributed by atoms with Crippen molar-refractivity contribution in [3.8, 4) is 5.75 Å². The molecule has 1 aliphatic carbocycles. The maximum atomic E-state index is 12.9. The Balaban J connectivity index is 1.61. The van der Waals surface area contributed by atoms with Gasteiger partial charge in [-0.25, -0.2) is 8.42 Å². The molecule has 0 spiro atoms. The molecule has 1 saturated heterocycles. The Labute approximate surface area is 131 Å². The summed E-state index contributed by atoms with van der Waals surface area (Å²) in [6, 6.07) is 5.39. The summed E-state index contributed by atoms with van der Waals surface area (Å²) in [5, 5.41) is 0. The third kappa shape index (κ3) is 2.16. The van der Waals surface area contributed by atoms with Gasteiger partial charge in [-0.15, -0.1) is 0 Å². The van der Waals surface area contributed by atoms with Crippen molar-refractivity contribution in [1.29, 1.82) is 0 Å². The van der Waals surface area contributed by atoms with Crippen molar-refractivity contribution in [3.63, 3.8) is 0 Å². The zero-order valence-electron chi connectivity index (χ0n) is 12.7. The predicted octanol–water partition coefficient (Wildman–Crippen LogP) is 1.37. The van der Waals surface area contributed by atoms with Crippen LogP contribution in [0, 0.1) is 11.8 Å². The van der Waals surface area contributed by atoms with Gasteiger partial charge in [-0.05, 0) is 55.4 Å². The molecule has 1 aromatic rings. The van der Waals surface area contributed by atoms with Crippen molar-refractivity contribution in [2.45, 2.75) is 43.2 Å². The van der Waals surface area contributed by atoms with Crippen molar-refractivity contribution in [1.82, 2.24) is 4.31 Å². The van der Waals surface area contributed by atoms with Crippen LogP contribution in [0.4, 0.5) is 0 Å². The molecule has 1 aromatic carbocycles. The van der Waals surface area contributed by atoms with Gasteiger partial charge >= 0.3 is 0 Å². The van der Waals surface area contributed by atoms with E-state index in [1.165, 1.54) is 0 Å². The number of fused-ring (bicyclic) bond motifs is 2. The summed E-state index contributed by atoms with van der Waals surface area (Å²) in [6.45, 7) is 3.18. The molecule has 4 atom stereocenters. The fourth-order valence-corrected chi connectivity index (χ4v) is 5.76. The number of nitrogens with zero attached hydrogens (tertiary/aromatic N) is 1. The Bertz CT molecular complexity index is 703. The molecule has 6 heteroatoms. The molecule has 0 radical (unpaired) electrons. The normalized spacial score (nSPS) is 34.5. The summed E-state index contributed by atoms with van der Waals surface area (Å²) in [4.78, 5) is 0.387. The third-order valence-corrected chi connectivity index (χ3v) is 7.21. The second-order valence-electron chi connectivity index (χ2n) is 6.89. The van der Waals surface area contributed by atoms with Gasteiger partial charge < -0.3 is 10.5 Å². The average Bonchev–Trinajstić information content (AvgIpc) is 3.13. The molecule has 2 heterocycles. The molecular formula is C16H22N2O3S. The van der Waals surface area contributed by atoms with Crippen molar-refractivity contribution in [2.75, 3.05) is 13.1 Å². The van der Waals surface area contributed by atoms with Crippen LogP contribution in [0.15, 0.2) is 23.1 Å². The molecule has 4 rings (SSSR count). The first kappa shape index (κ1) is 14.5. The predicted molar refractivity (Wildman–Crippen MR) is 83.2 cm³/mol. The van der Waals surface area contributed by atoms with E-state index in [0.717, 1.165) is 30.6 Å². The minimum Gasteiger partial charge on any atom is -0.490 e. The topological polar surface area (TPSA) is 72.6 Å². The van der Waals surface area contributed by atoms with E-state index < -0.39 is 10.0 Å². The molecule has 5 nitrogen and oxygen atoms in total. The van der Waals surface area contributed by atoms with Gasteiger partial charge in [0.25, 0.3) is 0 Å². The van der Waals surface area contributed by atoms with Crippen LogP contribution >= 0.6 is 0 Å². The van der Waals surface area contributed by atoms with Crippen LogP contribution in [0.25, 0.3) is 0 Å². The van der Waals surface area contributed by atoms with Gasteiger partial charge in [-0.1, -0.05) is 0 Å². The number of hydrogen-bond donors (Lipinski definition) is 1. The van der Waals surface area contributed by atoms with Gasteiger partial charge in [0, 0.05) is 25.6 Å². The monoisotopic (exact) mass is 322 g/mol. The highest BCUT2D eigenvalue weighted by Gasteiger charge is 2.45. The molecule has 120 valence electrons. The SMILES string of the molecule is CC1Cc2cc(S(=O)(=O)N3CC4CCC(N)C4C3)ccc2O1. The van der Waals surface area contributed by atoms with E-state index in [0.29, 0.717) is 29.8 Å². The average molecular weight is 322 g/mol. The Kier molecular flexibility index (Phi) is 3.25. The minimum atomic E-state index is -3.42. The molecule has 0 amide bonds. The smallest absolute Gasteiger partial charge is 0.243 e. The van der Waals surface area contributed by atoms with Gasteiger partial charge in [-0.3, -0.25) is 0 Å². The number of benzene rings is 1. The maximum absolute atomic E-state index is 12.9. The summed E-state index contributed by atoms with van der Waals surface area (Å²) < 4.78 is 33.1. The Morgan fingerprint density at radius 3 is 2.86 bits per heavy atom. The van der Waals surface area contributed by atoms with Gasteiger partial charge in [0.2, 0.25) is 10.0 Å². The lowest BCUT2D eigenvalue weighted by molar-refractivity contribution is 0.254. The van der Waals surface area contributed by atoms with E-state index in [4.69, 9.17) is 10.5 Å². The fourth-order valence-electron chi connectivity index (χ4n) is 4.17. The zero-order chi connectivity index (χ0) is 15.5. The van der Waals surface area contributed by atoms with Gasteiger partial charge in [0.05, 0.1) is 4.90 Å². The number of ether oxygens (including phenoxy) is 1. The van der Waals surface area contributed by atoms with Crippen molar-refractivity contribution >= 4 is 10.0 Å². The van der Waals surface area contributed by atoms with Gasteiger partial charge in [-0.2, -0.15) is 4.31 Å². The van der Waals surface area contributed by atoms with Crippen molar-refractivity contribution in [2.24, 2.45) is 17.6 Å². The van der Waals surface area contributed by atoms with E-state index in [9.17, 15) is 8.42 Å². The molecule has 22 heavy (non-hydrogen) atoms. The van der Waals surface area contributed by atoms with Crippen LogP contribution in [-0.4, -0.2) is 38.0 Å². The minimum absolute atomic E-state index is 0.122. The lowest BCUT2D eigenvalue weighted by Crippen LogP contribution is -2.33. The summed E-state index contributed by atoms with van der Waals surface area (Å²) in [6.07, 6.45) is 2.97. The molecule has 1 saturated carbocycles. The summed E-state index contributed by atoms with van der Waals surface area (Å²) in [5.74, 6) is 1.57. The van der Waals surface area contributed by atoms with Crippen LogP contribution in [0.5, 0.6) is 5.75 Å². The molecular weight excluding hydrogens is 300 g/mol. The zero-order valence-corrected chi connectivity index (χ0v) is 13.6. The van der Waals surface area contributed by atoms with E-state index in [1.807, 2.05) is 6.92 Å². The quantitative estimate of drug-likeness (QED) is 0.892. The molecule has 3 aliphatic rings. The lowest BCUT2D eigenvalue weighted by atomic mass is 9.98. The highest BCUT2D eigenvalue weighted by atomic mass is 32.2. The second kappa shape index (κ2) is 4.94. The number of rotatable bonds is 2. The number of hydrogen-bond acceptors (Lipinski definition) is 4. The first-order chi connectivity index (χ1) is 10.4. The number of sulfonamides is 1. The summed E-state index contributed by atoms with van der Waals surface area (Å²) in [7, 11) is -3.42. The van der Waals surface area contributed by atoms with Crippen molar-refractivity contribution in [3.05, 3.63) is 23.8 Å². The maximum Gasteiger partial charge on any atom is 0.243 e. The molecule has 2 fully saturated rings. The van der Waals surface area contributed by atoms with Crippen LogP contribution in [0.2, 0.25) is 0 Å². The summed E-state index contributed by atoms with van der Waals surface area (Å²) >= 11 is 0. The van der Waals surface area contributed by atoms with Crippen molar-refractivity contribution < 1.29 is 13.2 Å². The Morgan fingerprint density at radius 1 is 1.27 bits per heavy atom. The van der Waals surface area contributed by atoms with E-state index >= 15 is 0 Å². The third-order valence-electron chi connectivity index (χ3n) is 5.38. The molecule has 2 N–H and O–H groups in total. The first-order valence-electron chi connectivity index (χ1n) is 8.00. The van der Waals surface area contributed by atoms with Crippen LogP contribution in [0.1, 0.15) is 25.3 Å². The van der Waals surface area contributed by atoms with Crippen LogP contribution in [0.3, 0.4) is 0 Å². The summed E-state index contributed by atoms with van der Waals surface area (Å²) in [5.41, 5.74) is 7.11. The molecule has 2 aliphatic heterocycles. The van der Waals surface area contributed by atoms with E-state index in [2.05, 4.69) is 0 Å². The Morgan fingerprint density at radius 2 is 2.09 bits per heavy atom. The van der Waals surface area contributed by atoms with Crippen LogP contribution in [-0.2, 0) is 16.4 Å². The van der Waals surface area contributed by atoms with Gasteiger partial charge in [0.15, 0.2) is 0 Å². The second-order valence-corrected chi connectivity index (χ2v) is 8.83. The molecule has 0 bridgehead atoms. The van der Waals surface area contributed by atoms with E-state index in [-0.39, 0.29) is 12.1 Å². The highest BCUT2D eigenvalue weighted by molar-refractivity contribution is 7.89.